The number of rotatable bonds is 5. The van der Waals surface area contributed by atoms with Gasteiger partial charge in [0.15, 0.2) is 0 Å². The summed E-state index contributed by atoms with van der Waals surface area (Å²) >= 11 is 13.9. The molecule has 0 aliphatic carbocycles. The van der Waals surface area contributed by atoms with Gasteiger partial charge in [-0.15, -0.1) is 11.8 Å². The molecule has 0 atom stereocenters. The third kappa shape index (κ3) is 5.06. The minimum atomic E-state index is 0.200. The fraction of sp³-hybridized carbons (Fsp3) is 0.316. The summed E-state index contributed by atoms with van der Waals surface area (Å²) in [4.78, 5) is 16.6. The molecule has 3 rings (SSSR count). The van der Waals surface area contributed by atoms with Crippen LogP contribution < -0.4 is 4.90 Å². The van der Waals surface area contributed by atoms with Crippen molar-refractivity contribution in [3.8, 4) is 0 Å². The normalized spacial score (nSPS) is 14.6. The first-order valence-electron chi connectivity index (χ1n) is 8.23. The summed E-state index contributed by atoms with van der Waals surface area (Å²) in [6, 6.07) is 15.6. The Labute approximate surface area is 162 Å². The SMILES string of the molecule is O=C(CSCc1cccc(Cl)c1)N1CCN(c2ccccc2Cl)CC1. The van der Waals surface area contributed by atoms with E-state index in [4.69, 9.17) is 23.2 Å². The predicted octanol–water partition coefficient (Wildman–Crippen LogP) is 4.58. The van der Waals surface area contributed by atoms with Crippen LogP contribution in [-0.4, -0.2) is 42.7 Å². The van der Waals surface area contributed by atoms with E-state index in [2.05, 4.69) is 4.90 Å². The van der Waals surface area contributed by atoms with E-state index < -0.39 is 0 Å². The molecule has 3 nitrogen and oxygen atoms in total. The molecule has 2 aromatic rings. The quantitative estimate of drug-likeness (QED) is 0.741. The highest BCUT2D eigenvalue weighted by molar-refractivity contribution is 7.99. The summed E-state index contributed by atoms with van der Waals surface area (Å²) in [6.07, 6.45) is 0. The number of nitrogens with zero attached hydrogens (tertiary/aromatic N) is 2. The van der Waals surface area contributed by atoms with Gasteiger partial charge in [0.1, 0.15) is 0 Å². The van der Waals surface area contributed by atoms with E-state index in [1.165, 1.54) is 0 Å². The van der Waals surface area contributed by atoms with Gasteiger partial charge in [0.25, 0.3) is 0 Å². The van der Waals surface area contributed by atoms with Crippen LogP contribution in [0.25, 0.3) is 0 Å². The molecule has 0 radical (unpaired) electrons. The third-order valence-corrected chi connectivity index (χ3v) is 5.75. The maximum atomic E-state index is 12.4. The molecule has 1 amide bonds. The molecule has 1 fully saturated rings. The van der Waals surface area contributed by atoms with E-state index in [-0.39, 0.29) is 5.91 Å². The van der Waals surface area contributed by atoms with Gasteiger partial charge in [-0.1, -0.05) is 47.5 Å². The van der Waals surface area contributed by atoms with Gasteiger partial charge in [0.05, 0.1) is 16.5 Å². The molecule has 25 heavy (non-hydrogen) atoms. The fourth-order valence-electron chi connectivity index (χ4n) is 2.88. The number of benzene rings is 2. The summed E-state index contributed by atoms with van der Waals surface area (Å²) in [5.74, 6) is 1.50. The number of anilines is 1. The highest BCUT2D eigenvalue weighted by Crippen LogP contribution is 2.26. The van der Waals surface area contributed by atoms with Gasteiger partial charge < -0.3 is 9.80 Å². The average Bonchev–Trinajstić information content (AvgIpc) is 2.62. The molecule has 0 bridgehead atoms. The van der Waals surface area contributed by atoms with Crippen LogP contribution in [0.1, 0.15) is 5.56 Å². The molecule has 0 unspecified atom stereocenters. The molecule has 0 saturated carbocycles. The number of amides is 1. The number of hydrogen-bond donors (Lipinski definition) is 0. The zero-order valence-corrected chi connectivity index (χ0v) is 16.2. The summed E-state index contributed by atoms with van der Waals surface area (Å²) in [7, 11) is 0. The van der Waals surface area contributed by atoms with Gasteiger partial charge in [-0.05, 0) is 29.8 Å². The Hall–Kier alpha value is -1.36. The second-order valence-corrected chi connectivity index (χ2v) is 7.77. The lowest BCUT2D eigenvalue weighted by molar-refractivity contribution is -0.128. The molecule has 1 aliphatic rings. The van der Waals surface area contributed by atoms with Crippen LogP contribution in [0.5, 0.6) is 0 Å². The minimum absolute atomic E-state index is 0.200. The van der Waals surface area contributed by atoms with E-state index in [1.54, 1.807) is 11.8 Å². The molecular formula is C19H20Cl2N2OS. The van der Waals surface area contributed by atoms with Gasteiger partial charge in [0, 0.05) is 37.0 Å². The van der Waals surface area contributed by atoms with Gasteiger partial charge >= 0.3 is 0 Å². The topological polar surface area (TPSA) is 23.6 Å². The number of hydrogen-bond acceptors (Lipinski definition) is 3. The van der Waals surface area contributed by atoms with E-state index in [0.29, 0.717) is 5.75 Å². The van der Waals surface area contributed by atoms with Crippen LogP contribution in [0, 0.1) is 0 Å². The zero-order valence-electron chi connectivity index (χ0n) is 13.8. The third-order valence-electron chi connectivity index (χ3n) is 4.21. The average molecular weight is 395 g/mol. The maximum absolute atomic E-state index is 12.4. The molecule has 1 aliphatic heterocycles. The predicted molar refractivity (Wildman–Crippen MR) is 108 cm³/mol. The second kappa shape index (κ2) is 8.84. The van der Waals surface area contributed by atoms with Crippen molar-refractivity contribution in [1.29, 1.82) is 0 Å². The largest absolute Gasteiger partial charge is 0.367 e. The van der Waals surface area contributed by atoms with Crippen LogP contribution in [-0.2, 0) is 10.5 Å². The first-order chi connectivity index (χ1) is 12.1. The van der Waals surface area contributed by atoms with E-state index in [1.807, 2.05) is 53.4 Å². The van der Waals surface area contributed by atoms with E-state index in [0.717, 1.165) is 53.2 Å². The van der Waals surface area contributed by atoms with Crippen molar-refractivity contribution in [2.24, 2.45) is 0 Å². The lowest BCUT2D eigenvalue weighted by atomic mass is 10.2. The highest BCUT2D eigenvalue weighted by atomic mass is 35.5. The number of para-hydroxylation sites is 1. The van der Waals surface area contributed by atoms with Crippen LogP contribution >= 0.6 is 35.0 Å². The van der Waals surface area contributed by atoms with Crippen molar-refractivity contribution in [3.05, 3.63) is 64.1 Å². The van der Waals surface area contributed by atoms with Crippen LogP contribution in [0.3, 0.4) is 0 Å². The molecule has 0 aromatic heterocycles. The molecular weight excluding hydrogens is 375 g/mol. The summed E-state index contributed by atoms with van der Waals surface area (Å²) in [5, 5.41) is 1.50. The Morgan fingerprint density at radius 3 is 2.48 bits per heavy atom. The molecule has 0 N–H and O–H groups in total. The Morgan fingerprint density at radius 1 is 1.00 bits per heavy atom. The molecule has 2 aromatic carbocycles. The van der Waals surface area contributed by atoms with E-state index >= 15 is 0 Å². The Bertz CT molecular complexity index is 733. The Morgan fingerprint density at radius 2 is 1.76 bits per heavy atom. The monoisotopic (exact) mass is 394 g/mol. The van der Waals surface area contributed by atoms with Crippen LogP contribution in [0.4, 0.5) is 5.69 Å². The highest BCUT2D eigenvalue weighted by Gasteiger charge is 2.22. The van der Waals surface area contributed by atoms with Crippen molar-refractivity contribution in [2.45, 2.75) is 5.75 Å². The van der Waals surface area contributed by atoms with E-state index in [9.17, 15) is 4.79 Å². The number of thioether (sulfide) groups is 1. The van der Waals surface area contributed by atoms with Gasteiger partial charge in [-0.25, -0.2) is 0 Å². The van der Waals surface area contributed by atoms with Crippen LogP contribution in [0.2, 0.25) is 10.0 Å². The molecule has 6 heteroatoms. The van der Waals surface area contributed by atoms with Crippen molar-refractivity contribution in [3.63, 3.8) is 0 Å². The molecule has 1 saturated heterocycles. The standard InChI is InChI=1S/C19H20Cl2N2OS/c20-16-5-3-4-15(12-16)13-25-14-19(24)23-10-8-22(9-11-23)18-7-2-1-6-17(18)21/h1-7,12H,8-11,13-14H2. The number of carbonyl (C=O) groups is 1. The van der Waals surface area contributed by atoms with Gasteiger partial charge in [0.2, 0.25) is 5.91 Å². The number of piperazine rings is 1. The molecule has 0 spiro atoms. The summed E-state index contributed by atoms with van der Waals surface area (Å²) < 4.78 is 0. The second-order valence-electron chi connectivity index (χ2n) is 5.94. The first-order valence-corrected chi connectivity index (χ1v) is 10.1. The van der Waals surface area contributed by atoms with Gasteiger partial charge in [-0.3, -0.25) is 4.79 Å². The molecule has 132 valence electrons. The smallest absolute Gasteiger partial charge is 0.232 e. The zero-order chi connectivity index (χ0) is 17.6. The lowest BCUT2D eigenvalue weighted by Crippen LogP contribution is -2.49. The van der Waals surface area contributed by atoms with Crippen molar-refractivity contribution in [2.75, 3.05) is 36.8 Å². The lowest BCUT2D eigenvalue weighted by Gasteiger charge is -2.36. The number of halogens is 2. The van der Waals surface area contributed by atoms with Crippen molar-refractivity contribution in [1.82, 2.24) is 4.90 Å². The minimum Gasteiger partial charge on any atom is -0.367 e. The summed E-state index contributed by atoms with van der Waals surface area (Å²) in [5.41, 5.74) is 2.19. The maximum Gasteiger partial charge on any atom is 0.232 e. The molecule has 1 heterocycles. The Kier molecular flexibility index (Phi) is 6.51. The summed E-state index contributed by atoms with van der Waals surface area (Å²) in [6.45, 7) is 3.10. The first kappa shape index (κ1) is 18.4. The van der Waals surface area contributed by atoms with Crippen molar-refractivity contribution < 1.29 is 4.79 Å². The fourth-order valence-corrected chi connectivity index (χ4v) is 4.22. The van der Waals surface area contributed by atoms with Gasteiger partial charge in [-0.2, -0.15) is 0 Å². The van der Waals surface area contributed by atoms with Crippen molar-refractivity contribution >= 4 is 46.6 Å². The Balaban J connectivity index is 1.45. The van der Waals surface area contributed by atoms with Crippen LogP contribution in [0.15, 0.2) is 48.5 Å². The number of carbonyl (C=O) groups excluding carboxylic acids is 1.